The summed E-state index contributed by atoms with van der Waals surface area (Å²) in [7, 11) is 3.33. The van der Waals surface area contributed by atoms with Gasteiger partial charge in [0.05, 0.1) is 20.8 Å². The Bertz CT molecular complexity index is 855. The maximum Gasteiger partial charge on any atom is 0.236 e. The first-order chi connectivity index (χ1) is 14.7. The van der Waals surface area contributed by atoms with Crippen LogP contribution in [-0.2, 0) is 4.79 Å². The highest BCUT2D eigenvalue weighted by Gasteiger charge is 2.32. The molecule has 30 heavy (non-hydrogen) atoms. The van der Waals surface area contributed by atoms with Crippen molar-refractivity contribution in [3.05, 3.63) is 42.2 Å². The molecule has 3 heterocycles. The minimum Gasteiger partial charge on any atom is -0.497 e. The van der Waals surface area contributed by atoms with Gasteiger partial charge in [0.15, 0.2) is 0 Å². The smallest absolute Gasteiger partial charge is 0.236 e. The Labute approximate surface area is 177 Å². The third kappa shape index (κ3) is 4.33. The molecule has 0 bridgehead atoms. The number of nitrogens with zero attached hydrogens (tertiary/aromatic N) is 5. The molecule has 8 nitrogen and oxygen atoms in total. The fraction of sp³-hybridized carbons (Fsp3) is 0.500. The van der Waals surface area contributed by atoms with Crippen LogP contribution in [0.4, 0.5) is 5.95 Å². The van der Waals surface area contributed by atoms with Crippen LogP contribution in [0.15, 0.2) is 36.7 Å². The summed E-state index contributed by atoms with van der Waals surface area (Å²) in [5.74, 6) is 2.51. The summed E-state index contributed by atoms with van der Waals surface area (Å²) < 4.78 is 10.9. The molecule has 1 aromatic carbocycles. The van der Waals surface area contributed by atoms with E-state index in [9.17, 15) is 4.79 Å². The standard InChI is InChI=1S/C22H29N5O3/c1-29-17-6-7-18(20(15-17)30-2)19-5-3-10-27(19)16-21(28)25-11-13-26(14-12-25)22-23-8-4-9-24-22/h4,6-9,15,19H,3,5,10-14,16H2,1-2H3. The lowest BCUT2D eigenvalue weighted by Gasteiger charge is -2.36. The van der Waals surface area contributed by atoms with E-state index >= 15 is 0 Å². The van der Waals surface area contributed by atoms with Gasteiger partial charge < -0.3 is 19.3 Å². The van der Waals surface area contributed by atoms with E-state index in [1.165, 1.54) is 0 Å². The molecule has 2 aliphatic heterocycles. The van der Waals surface area contributed by atoms with Gasteiger partial charge in [-0.3, -0.25) is 9.69 Å². The SMILES string of the molecule is COc1ccc(C2CCCN2CC(=O)N2CCN(c3ncccn3)CC2)c(OC)c1. The fourth-order valence-electron chi connectivity index (χ4n) is 4.35. The van der Waals surface area contributed by atoms with E-state index in [1.807, 2.05) is 23.1 Å². The molecule has 4 rings (SSSR count). The summed E-state index contributed by atoms with van der Waals surface area (Å²) in [6, 6.07) is 7.94. The quantitative estimate of drug-likeness (QED) is 0.720. The molecule has 1 amide bonds. The molecular weight excluding hydrogens is 382 g/mol. The minimum absolute atomic E-state index is 0.183. The van der Waals surface area contributed by atoms with Gasteiger partial charge in [0.25, 0.3) is 0 Å². The van der Waals surface area contributed by atoms with Crippen LogP contribution >= 0.6 is 0 Å². The highest BCUT2D eigenvalue weighted by molar-refractivity contribution is 5.78. The maximum absolute atomic E-state index is 13.0. The molecule has 2 fully saturated rings. The average molecular weight is 412 g/mol. The van der Waals surface area contributed by atoms with E-state index < -0.39 is 0 Å². The molecule has 2 saturated heterocycles. The van der Waals surface area contributed by atoms with Crippen LogP contribution in [0.3, 0.4) is 0 Å². The van der Waals surface area contributed by atoms with Crippen LogP contribution in [0, 0.1) is 0 Å². The van der Waals surface area contributed by atoms with E-state index in [2.05, 4.69) is 25.8 Å². The molecular formula is C22H29N5O3. The van der Waals surface area contributed by atoms with Gasteiger partial charge in [-0.1, -0.05) is 6.07 Å². The summed E-state index contributed by atoms with van der Waals surface area (Å²) in [5, 5.41) is 0. The number of hydrogen-bond donors (Lipinski definition) is 0. The molecule has 2 aromatic rings. The zero-order valence-corrected chi connectivity index (χ0v) is 17.7. The first-order valence-electron chi connectivity index (χ1n) is 10.5. The number of benzene rings is 1. The second kappa shape index (κ2) is 9.30. The van der Waals surface area contributed by atoms with Crippen molar-refractivity contribution in [3.8, 4) is 11.5 Å². The maximum atomic E-state index is 13.0. The lowest BCUT2D eigenvalue weighted by Crippen LogP contribution is -2.51. The number of aromatic nitrogens is 2. The van der Waals surface area contributed by atoms with Gasteiger partial charge in [-0.25, -0.2) is 9.97 Å². The molecule has 0 saturated carbocycles. The van der Waals surface area contributed by atoms with Crippen LogP contribution < -0.4 is 14.4 Å². The number of hydrogen-bond acceptors (Lipinski definition) is 7. The topological polar surface area (TPSA) is 71.0 Å². The first kappa shape index (κ1) is 20.4. The highest BCUT2D eigenvalue weighted by atomic mass is 16.5. The number of piperazine rings is 1. The summed E-state index contributed by atoms with van der Waals surface area (Å²) >= 11 is 0. The summed E-state index contributed by atoms with van der Waals surface area (Å²) in [4.78, 5) is 28.0. The molecule has 0 aliphatic carbocycles. The normalized spacial score (nSPS) is 19.7. The van der Waals surface area contributed by atoms with Crippen molar-refractivity contribution in [3.63, 3.8) is 0 Å². The zero-order valence-electron chi connectivity index (χ0n) is 17.7. The van der Waals surface area contributed by atoms with E-state index in [4.69, 9.17) is 9.47 Å². The first-order valence-corrected chi connectivity index (χ1v) is 10.5. The Balaban J connectivity index is 1.37. The molecule has 0 N–H and O–H groups in total. The molecule has 0 spiro atoms. The predicted molar refractivity (Wildman–Crippen MR) is 114 cm³/mol. The van der Waals surface area contributed by atoms with E-state index in [1.54, 1.807) is 26.6 Å². The van der Waals surface area contributed by atoms with Crippen molar-refractivity contribution >= 4 is 11.9 Å². The van der Waals surface area contributed by atoms with Gasteiger partial charge in [-0.2, -0.15) is 0 Å². The van der Waals surface area contributed by atoms with Crippen LogP contribution in [-0.4, -0.2) is 79.2 Å². The Morgan fingerprint density at radius 2 is 1.83 bits per heavy atom. The highest BCUT2D eigenvalue weighted by Crippen LogP contribution is 2.38. The number of carbonyl (C=O) groups is 1. The third-order valence-corrected chi connectivity index (χ3v) is 5.97. The van der Waals surface area contributed by atoms with Gasteiger partial charge in [0.1, 0.15) is 11.5 Å². The molecule has 1 aromatic heterocycles. The van der Waals surface area contributed by atoms with Gasteiger partial charge in [-0.05, 0) is 31.5 Å². The number of rotatable bonds is 6. The van der Waals surface area contributed by atoms with Crippen molar-refractivity contribution in [1.82, 2.24) is 19.8 Å². The Hall–Kier alpha value is -2.87. The summed E-state index contributed by atoms with van der Waals surface area (Å²) in [5.41, 5.74) is 1.12. The molecule has 160 valence electrons. The number of anilines is 1. The molecule has 2 aliphatic rings. The van der Waals surface area contributed by atoms with Gasteiger partial charge >= 0.3 is 0 Å². The van der Waals surface area contributed by atoms with Crippen LogP contribution in [0.2, 0.25) is 0 Å². The molecule has 1 unspecified atom stereocenters. The number of methoxy groups -OCH3 is 2. The Morgan fingerprint density at radius 3 is 2.53 bits per heavy atom. The zero-order chi connectivity index (χ0) is 20.9. The van der Waals surface area contributed by atoms with Crippen LogP contribution in [0.25, 0.3) is 0 Å². The molecule has 8 heteroatoms. The monoisotopic (exact) mass is 411 g/mol. The largest absolute Gasteiger partial charge is 0.497 e. The molecule has 1 atom stereocenters. The number of ether oxygens (including phenoxy) is 2. The van der Waals surface area contributed by atoms with E-state index in [0.717, 1.165) is 55.5 Å². The second-order valence-electron chi connectivity index (χ2n) is 7.65. The summed E-state index contributed by atoms with van der Waals surface area (Å²) in [6.07, 6.45) is 5.60. The predicted octanol–water partition coefficient (Wildman–Crippen LogP) is 1.98. The van der Waals surface area contributed by atoms with Gasteiger partial charge in [0.2, 0.25) is 11.9 Å². The Morgan fingerprint density at radius 1 is 1.07 bits per heavy atom. The van der Waals surface area contributed by atoms with Crippen LogP contribution in [0.5, 0.6) is 11.5 Å². The lowest BCUT2D eigenvalue weighted by atomic mass is 10.0. The lowest BCUT2D eigenvalue weighted by molar-refractivity contribution is -0.133. The van der Waals surface area contributed by atoms with Crippen molar-refractivity contribution < 1.29 is 14.3 Å². The average Bonchev–Trinajstić information content (AvgIpc) is 3.27. The number of amides is 1. The van der Waals surface area contributed by atoms with Gasteiger partial charge in [0, 0.05) is 56.2 Å². The molecule has 0 radical (unpaired) electrons. The van der Waals surface area contributed by atoms with E-state index in [-0.39, 0.29) is 11.9 Å². The Kier molecular flexibility index (Phi) is 6.32. The second-order valence-corrected chi connectivity index (χ2v) is 7.65. The third-order valence-electron chi connectivity index (χ3n) is 5.97. The number of carbonyl (C=O) groups excluding carboxylic acids is 1. The minimum atomic E-state index is 0.183. The van der Waals surface area contributed by atoms with Crippen molar-refractivity contribution in [2.24, 2.45) is 0 Å². The number of likely N-dealkylation sites (tertiary alicyclic amines) is 1. The van der Waals surface area contributed by atoms with Crippen molar-refractivity contribution in [1.29, 1.82) is 0 Å². The van der Waals surface area contributed by atoms with Crippen LogP contribution in [0.1, 0.15) is 24.4 Å². The van der Waals surface area contributed by atoms with Gasteiger partial charge in [-0.15, -0.1) is 0 Å². The fourth-order valence-corrected chi connectivity index (χ4v) is 4.35. The summed E-state index contributed by atoms with van der Waals surface area (Å²) in [6.45, 7) is 4.25. The van der Waals surface area contributed by atoms with Crippen molar-refractivity contribution in [2.45, 2.75) is 18.9 Å². The van der Waals surface area contributed by atoms with Crippen molar-refractivity contribution in [2.75, 3.05) is 58.4 Å². The van der Waals surface area contributed by atoms with E-state index in [0.29, 0.717) is 19.6 Å².